The van der Waals surface area contributed by atoms with Crippen LogP contribution in [0.25, 0.3) is 11.0 Å². The number of hydrogen-bond donors (Lipinski definition) is 1. The summed E-state index contributed by atoms with van der Waals surface area (Å²) in [5, 5.41) is 17.3. The Morgan fingerprint density at radius 3 is 2.77 bits per heavy atom. The van der Waals surface area contributed by atoms with Crippen LogP contribution in [0.4, 0.5) is 5.82 Å². The van der Waals surface area contributed by atoms with Gasteiger partial charge in [-0.15, -0.1) is 0 Å². The molecule has 9 heteroatoms. The lowest BCUT2D eigenvalue weighted by Crippen LogP contribution is -2.39. The summed E-state index contributed by atoms with van der Waals surface area (Å²) in [6, 6.07) is 5.54. The third-order valence-corrected chi connectivity index (χ3v) is 4.89. The van der Waals surface area contributed by atoms with Crippen LogP contribution in [-0.4, -0.2) is 44.6 Å². The van der Waals surface area contributed by atoms with Gasteiger partial charge in [-0.1, -0.05) is 11.6 Å². The number of fused-ring (bicyclic) bond motifs is 1. The number of benzene rings is 1. The third kappa shape index (κ3) is 3.30. The number of halogens is 1. The molecule has 4 rings (SSSR count). The molecule has 1 saturated heterocycles. The molecule has 0 unspecified atom stereocenters. The Kier molecular flexibility index (Phi) is 4.60. The molecule has 0 bridgehead atoms. The number of nitrogens with zero attached hydrogens (tertiary/aromatic N) is 5. The Balaban J connectivity index is 1.43. The van der Waals surface area contributed by atoms with Gasteiger partial charge in [-0.25, -0.2) is 14.6 Å². The number of aliphatic hydroxyl groups excluding tert-OH is 1. The van der Waals surface area contributed by atoms with Gasteiger partial charge in [0.25, 0.3) is 0 Å². The zero-order chi connectivity index (χ0) is 18.1. The van der Waals surface area contributed by atoms with Gasteiger partial charge in [-0.3, -0.25) is 0 Å². The van der Waals surface area contributed by atoms with Crippen LogP contribution in [0.2, 0.25) is 5.15 Å². The molecule has 1 aromatic carbocycles. The summed E-state index contributed by atoms with van der Waals surface area (Å²) in [4.78, 5) is 10.7. The van der Waals surface area contributed by atoms with Crippen molar-refractivity contribution < 1.29 is 14.5 Å². The molecule has 0 radical (unpaired) electrons. The molecule has 3 aromatic rings. The quantitative estimate of drug-likeness (QED) is 0.695. The fourth-order valence-corrected chi connectivity index (χ4v) is 3.29. The SMILES string of the molecule is Cc1c(Cl)nc(CO)nc1N1CCC(Oc2ccc3nonc3c2)CC1. The van der Waals surface area contributed by atoms with E-state index in [1.54, 1.807) is 0 Å². The number of piperidine rings is 1. The molecule has 0 atom stereocenters. The minimum atomic E-state index is -0.230. The van der Waals surface area contributed by atoms with E-state index in [0.717, 1.165) is 43.1 Å². The second-order valence-electron chi connectivity index (χ2n) is 6.26. The molecule has 0 amide bonds. The van der Waals surface area contributed by atoms with Gasteiger partial charge in [0.05, 0.1) is 0 Å². The largest absolute Gasteiger partial charge is 0.490 e. The molecule has 2 aromatic heterocycles. The Morgan fingerprint density at radius 2 is 2.00 bits per heavy atom. The van der Waals surface area contributed by atoms with Crippen molar-refractivity contribution in [3.8, 4) is 5.75 Å². The third-order valence-electron chi connectivity index (χ3n) is 4.52. The number of aliphatic hydroxyl groups is 1. The second-order valence-corrected chi connectivity index (χ2v) is 6.61. The van der Waals surface area contributed by atoms with E-state index in [-0.39, 0.29) is 12.7 Å². The number of aromatic nitrogens is 4. The first-order chi connectivity index (χ1) is 12.6. The Morgan fingerprint density at radius 1 is 1.23 bits per heavy atom. The molecule has 1 aliphatic heterocycles. The Bertz CT molecular complexity index is 924. The van der Waals surface area contributed by atoms with E-state index < -0.39 is 0 Å². The van der Waals surface area contributed by atoms with Crippen LogP contribution in [0.1, 0.15) is 24.2 Å². The zero-order valence-electron chi connectivity index (χ0n) is 14.2. The number of ether oxygens (including phenoxy) is 1. The van der Waals surface area contributed by atoms with Crippen molar-refractivity contribution in [2.75, 3.05) is 18.0 Å². The van der Waals surface area contributed by atoms with E-state index in [1.807, 2.05) is 25.1 Å². The first kappa shape index (κ1) is 17.0. The van der Waals surface area contributed by atoms with E-state index in [4.69, 9.17) is 21.0 Å². The van der Waals surface area contributed by atoms with E-state index >= 15 is 0 Å². The van der Waals surface area contributed by atoms with Crippen LogP contribution in [-0.2, 0) is 6.61 Å². The maximum Gasteiger partial charge on any atom is 0.157 e. The summed E-state index contributed by atoms with van der Waals surface area (Å²) in [6.45, 7) is 3.24. The lowest BCUT2D eigenvalue weighted by atomic mass is 10.1. The summed E-state index contributed by atoms with van der Waals surface area (Å²) in [5.74, 6) is 1.88. The minimum absolute atomic E-state index is 0.110. The first-order valence-corrected chi connectivity index (χ1v) is 8.79. The minimum Gasteiger partial charge on any atom is -0.490 e. The van der Waals surface area contributed by atoms with Gasteiger partial charge in [0.1, 0.15) is 40.5 Å². The predicted octanol–water partition coefficient (Wildman–Crippen LogP) is 2.51. The average Bonchev–Trinajstić information content (AvgIpc) is 3.12. The molecule has 1 fully saturated rings. The number of hydrogen-bond acceptors (Lipinski definition) is 8. The van der Waals surface area contributed by atoms with Gasteiger partial charge in [0.15, 0.2) is 5.82 Å². The van der Waals surface area contributed by atoms with Crippen molar-refractivity contribution in [1.29, 1.82) is 0 Å². The van der Waals surface area contributed by atoms with Crippen molar-refractivity contribution in [1.82, 2.24) is 20.3 Å². The molecule has 8 nitrogen and oxygen atoms in total. The van der Waals surface area contributed by atoms with E-state index in [1.165, 1.54) is 0 Å². The molecule has 3 heterocycles. The smallest absolute Gasteiger partial charge is 0.157 e. The Hall–Kier alpha value is -2.45. The molecule has 0 saturated carbocycles. The maximum absolute atomic E-state index is 9.30. The van der Waals surface area contributed by atoms with Gasteiger partial charge >= 0.3 is 0 Å². The fourth-order valence-electron chi connectivity index (χ4n) is 3.11. The summed E-state index contributed by atoms with van der Waals surface area (Å²) >= 11 is 6.16. The average molecular weight is 376 g/mol. The monoisotopic (exact) mass is 375 g/mol. The summed E-state index contributed by atoms with van der Waals surface area (Å²) < 4.78 is 10.8. The van der Waals surface area contributed by atoms with Crippen LogP contribution in [0.15, 0.2) is 22.8 Å². The highest BCUT2D eigenvalue weighted by Gasteiger charge is 2.24. The van der Waals surface area contributed by atoms with Crippen LogP contribution >= 0.6 is 11.6 Å². The van der Waals surface area contributed by atoms with Crippen molar-refractivity contribution >= 4 is 28.5 Å². The lowest BCUT2D eigenvalue weighted by Gasteiger charge is -2.33. The van der Waals surface area contributed by atoms with Gasteiger partial charge in [-0.05, 0) is 29.4 Å². The van der Waals surface area contributed by atoms with E-state index in [2.05, 4.69) is 25.2 Å². The molecular weight excluding hydrogens is 358 g/mol. The van der Waals surface area contributed by atoms with E-state index in [0.29, 0.717) is 22.0 Å². The highest BCUT2D eigenvalue weighted by Crippen LogP contribution is 2.28. The van der Waals surface area contributed by atoms with Crippen LogP contribution < -0.4 is 9.64 Å². The molecular formula is C17H18ClN5O3. The standard InChI is InChI=1S/C17H18ClN5O3/c1-10-16(18)19-15(9-24)20-17(10)23-6-4-11(5-7-23)25-12-2-3-13-14(8-12)22-26-21-13/h2-3,8,11,24H,4-7,9H2,1H3. The first-order valence-electron chi connectivity index (χ1n) is 8.42. The predicted molar refractivity (Wildman–Crippen MR) is 95.4 cm³/mol. The zero-order valence-corrected chi connectivity index (χ0v) is 15.0. The highest BCUT2D eigenvalue weighted by atomic mass is 35.5. The highest BCUT2D eigenvalue weighted by molar-refractivity contribution is 6.30. The summed E-state index contributed by atoms with van der Waals surface area (Å²) in [5.41, 5.74) is 2.22. The molecule has 1 aliphatic rings. The van der Waals surface area contributed by atoms with Crippen molar-refractivity contribution in [3.63, 3.8) is 0 Å². The van der Waals surface area contributed by atoms with E-state index in [9.17, 15) is 5.11 Å². The van der Waals surface area contributed by atoms with Crippen LogP contribution in [0.3, 0.4) is 0 Å². The van der Waals surface area contributed by atoms with Crippen molar-refractivity contribution in [2.45, 2.75) is 32.5 Å². The van der Waals surface area contributed by atoms with Crippen molar-refractivity contribution in [2.24, 2.45) is 0 Å². The van der Waals surface area contributed by atoms with Crippen molar-refractivity contribution in [3.05, 3.63) is 34.7 Å². The lowest BCUT2D eigenvalue weighted by molar-refractivity contribution is 0.171. The molecule has 0 aliphatic carbocycles. The molecule has 0 spiro atoms. The summed E-state index contributed by atoms with van der Waals surface area (Å²) in [7, 11) is 0. The molecule has 1 N–H and O–H groups in total. The van der Waals surface area contributed by atoms with Crippen LogP contribution in [0, 0.1) is 6.92 Å². The number of anilines is 1. The molecule has 26 heavy (non-hydrogen) atoms. The van der Waals surface area contributed by atoms with Gasteiger partial charge in [-0.2, -0.15) is 0 Å². The molecule has 136 valence electrons. The van der Waals surface area contributed by atoms with Gasteiger partial charge in [0.2, 0.25) is 0 Å². The topological polar surface area (TPSA) is 97.4 Å². The van der Waals surface area contributed by atoms with Gasteiger partial charge < -0.3 is 14.7 Å². The Labute approximate surface area is 154 Å². The van der Waals surface area contributed by atoms with Crippen LogP contribution in [0.5, 0.6) is 5.75 Å². The maximum atomic E-state index is 9.30. The van der Waals surface area contributed by atoms with Gasteiger partial charge in [0, 0.05) is 37.6 Å². The fraction of sp³-hybridized carbons (Fsp3) is 0.412. The second kappa shape index (κ2) is 7.05. The number of rotatable bonds is 4. The summed E-state index contributed by atoms with van der Waals surface area (Å²) in [6.07, 6.45) is 1.81. The normalized spacial score (nSPS) is 15.6.